The lowest BCUT2D eigenvalue weighted by Crippen LogP contribution is -2.08. The fourth-order valence-electron chi connectivity index (χ4n) is 2.74. The molecule has 0 saturated heterocycles. The summed E-state index contributed by atoms with van der Waals surface area (Å²) >= 11 is 1.53. The summed E-state index contributed by atoms with van der Waals surface area (Å²) in [4.78, 5) is 25.6. The minimum Gasteiger partial charge on any atom is -0.465 e. The van der Waals surface area contributed by atoms with E-state index in [4.69, 9.17) is 4.74 Å². The van der Waals surface area contributed by atoms with Gasteiger partial charge in [0.15, 0.2) is 0 Å². The zero-order valence-electron chi connectivity index (χ0n) is 13.1. The summed E-state index contributed by atoms with van der Waals surface area (Å²) < 4.78 is 10.0. The van der Waals surface area contributed by atoms with Crippen molar-refractivity contribution < 1.29 is 19.1 Å². The van der Waals surface area contributed by atoms with Crippen molar-refractivity contribution in [2.45, 2.75) is 26.2 Å². The maximum Gasteiger partial charge on any atom is 0.353 e. The number of hydrogen-bond acceptors (Lipinski definition) is 5. The molecule has 0 N–H and O–H groups in total. The van der Waals surface area contributed by atoms with E-state index in [-0.39, 0.29) is 5.97 Å². The molecule has 0 spiro atoms. The molecule has 1 aliphatic rings. The van der Waals surface area contributed by atoms with Crippen LogP contribution in [0.3, 0.4) is 0 Å². The molecule has 0 aliphatic heterocycles. The topological polar surface area (TPSA) is 52.6 Å². The van der Waals surface area contributed by atoms with Gasteiger partial charge in [0.05, 0.1) is 12.7 Å². The standard InChI is InChI=1S/C18H18O4S/c1-11-3-8-15-13(9-11)10-16(23-15)18(20)22-14-6-4-12(5-7-14)17(19)21-2/h4-7,10-11H,3,8-9H2,1-2H3/t11-/m1/s1. The van der Waals surface area contributed by atoms with Crippen LogP contribution >= 0.6 is 11.3 Å². The SMILES string of the molecule is COC(=O)c1ccc(OC(=O)c2cc3c(s2)CC[C@@H](C)C3)cc1. The third-order valence-electron chi connectivity index (χ3n) is 4.02. The Morgan fingerprint density at radius 2 is 1.91 bits per heavy atom. The predicted octanol–water partition coefficient (Wildman–Crippen LogP) is 3.88. The van der Waals surface area contributed by atoms with Crippen molar-refractivity contribution in [1.82, 2.24) is 0 Å². The summed E-state index contributed by atoms with van der Waals surface area (Å²) in [5.74, 6) is 0.333. The Balaban J connectivity index is 1.71. The second-order valence-electron chi connectivity index (χ2n) is 5.81. The number of esters is 2. The molecule has 0 radical (unpaired) electrons. The van der Waals surface area contributed by atoms with Gasteiger partial charge in [-0.15, -0.1) is 11.3 Å². The first-order valence-corrected chi connectivity index (χ1v) is 8.40. The van der Waals surface area contributed by atoms with Crippen molar-refractivity contribution in [2.75, 3.05) is 7.11 Å². The molecule has 0 bridgehead atoms. The highest BCUT2D eigenvalue weighted by molar-refractivity contribution is 7.14. The zero-order chi connectivity index (χ0) is 16.4. The molecule has 5 heteroatoms. The third-order valence-corrected chi connectivity index (χ3v) is 5.23. The summed E-state index contributed by atoms with van der Waals surface area (Å²) in [5, 5.41) is 0. The highest BCUT2D eigenvalue weighted by Crippen LogP contribution is 2.32. The largest absolute Gasteiger partial charge is 0.465 e. The lowest BCUT2D eigenvalue weighted by molar-refractivity contribution is 0.0600. The normalized spacial score (nSPS) is 16.5. The molecule has 1 heterocycles. The zero-order valence-corrected chi connectivity index (χ0v) is 13.9. The average Bonchev–Trinajstić information content (AvgIpc) is 2.98. The average molecular weight is 330 g/mol. The van der Waals surface area contributed by atoms with Crippen LogP contribution in [0.5, 0.6) is 5.75 Å². The van der Waals surface area contributed by atoms with Crippen LogP contribution in [0.25, 0.3) is 0 Å². The minimum atomic E-state index is -0.414. The number of ether oxygens (including phenoxy) is 2. The van der Waals surface area contributed by atoms with Crippen LogP contribution in [-0.2, 0) is 17.6 Å². The fourth-order valence-corrected chi connectivity index (χ4v) is 3.83. The van der Waals surface area contributed by atoms with Gasteiger partial charge in [-0.3, -0.25) is 0 Å². The van der Waals surface area contributed by atoms with E-state index in [9.17, 15) is 9.59 Å². The van der Waals surface area contributed by atoms with Crippen molar-refractivity contribution in [3.05, 3.63) is 51.2 Å². The van der Waals surface area contributed by atoms with Gasteiger partial charge in [0, 0.05) is 4.88 Å². The van der Waals surface area contributed by atoms with Crippen LogP contribution in [0.1, 0.15) is 43.8 Å². The second-order valence-corrected chi connectivity index (χ2v) is 6.95. The summed E-state index contributed by atoms with van der Waals surface area (Å²) in [6.07, 6.45) is 3.26. The van der Waals surface area contributed by atoms with Crippen molar-refractivity contribution in [3.63, 3.8) is 0 Å². The molecule has 0 unspecified atom stereocenters. The molecular formula is C18H18O4S. The van der Waals surface area contributed by atoms with Crippen LogP contribution in [0.2, 0.25) is 0 Å². The number of hydrogen-bond donors (Lipinski definition) is 0. The Morgan fingerprint density at radius 1 is 1.17 bits per heavy atom. The lowest BCUT2D eigenvalue weighted by atomic mass is 9.90. The molecule has 1 aromatic carbocycles. The Morgan fingerprint density at radius 3 is 2.61 bits per heavy atom. The quantitative estimate of drug-likeness (QED) is 0.633. The van der Waals surface area contributed by atoms with Gasteiger partial charge in [-0.2, -0.15) is 0 Å². The maximum atomic E-state index is 12.3. The number of rotatable bonds is 3. The highest BCUT2D eigenvalue weighted by Gasteiger charge is 2.21. The molecule has 2 aromatic rings. The van der Waals surface area contributed by atoms with Gasteiger partial charge in [-0.05, 0) is 61.1 Å². The van der Waals surface area contributed by atoms with Gasteiger partial charge in [-0.25, -0.2) is 9.59 Å². The molecule has 120 valence electrons. The summed E-state index contributed by atoms with van der Waals surface area (Å²) in [6.45, 7) is 2.24. The van der Waals surface area contributed by atoms with E-state index >= 15 is 0 Å². The number of benzene rings is 1. The smallest absolute Gasteiger partial charge is 0.353 e. The molecule has 3 rings (SSSR count). The fraction of sp³-hybridized carbons (Fsp3) is 0.333. The molecule has 0 fully saturated rings. The van der Waals surface area contributed by atoms with E-state index < -0.39 is 5.97 Å². The summed E-state index contributed by atoms with van der Waals surface area (Å²) in [5.41, 5.74) is 1.70. The van der Waals surface area contributed by atoms with Crippen molar-refractivity contribution in [3.8, 4) is 5.75 Å². The van der Waals surface area contributed by atoms with Gasteiger partial charge >= 0.3 is 11.9 Å². The van der Waals surface area contributed by atoms with Crippen molar-refractivity contribution in [2.24, 2.45) is 5.92 Å². The van der Waals surface area contributed by atoms with E-state index in [1.54, 1.807) is 24.3 Å². The summed E-state index contributed by atoms with van der Waals surface area (Å²) in [7, 11) is 1.33. The van der Waals surface area contributed by atoms with Crippen LogP contribution in [0.15, 0.2) is 30.3 Å². The van der Waals surface area contributed by atoms with E-state index in [1.165, 1.54) is 35.3 Å². The van der Waals surface area contributed by atoms with Gasteiger partial charge in [0.2, 0.25) is 0 Å². The number of fused-ring (bicyclic) bond motifs is 1. The van der Waals surface area contributed by atoms with E-state index in [2.05, 4.69) is 11.7 Å². The molecular weight excluding hydrogens is 312 g/mol. The number of thiophene rings is 1. The highest BCUT2D eigenvalue weighted by atomic mass is 32.1. The molecule has 0 saturated carbocycles. The Hall–Kier alpha value is -2.14. The first-order chi connectivity index (χ1) is 11.1. The molecule has 1 aliphatic carbocycles. The van der Waals surface area contributed by atoms with E-state index in [1.807, 2.05) is 6.07 Å². The van der Waals surface area contributed by atoms with Gasteiger partial charge in [0.25, 0.3) is 0 Å². The van der Waals surface area contributed by atoms with Crippen LogP contribution < -0.4 is 4.74 Å². The van der Waals surface area contributed by atoms with Gasteiger partial charge < -0.3 is 9.47 Å². The number of aryl methyl sites for hydroxylation is 1. The van der Waals surface area contributed by atoms with E-state index in [0.717, 1.165) is 12.8 Å². The first-order valence-electron chi connectivity index (χ1n) is 7.59. The third kappa shape index (κ3) is 3.45. The van der Waals surface area contributed by atoms with Gasteiger partial charge in [-0.1, -0.05) is 6.92 Å². The van der Waals surface area contributed by atoms with Crippen LogP contribution in [-0.4, -0.2) is 19.0 Å². The maximum absolute atomic E-state index is 12.3. The Kier molecular flexibility index (Phi) is 4.48. The van der Waals surface area contributed by atoms with Crippen molar-refractivity contribution in [1.29, 1.82) is 0 Å². The number of carbonyl (C=O) groups is 2. The second kappa shape index (κ2) is 6.54. The Bertz CT molecular complexity index is 730. The number of methoxy groups -OCH3 is 1. The Labute approximate surface area is 139 Å². The first kappa shape index (κ1) is 15.7. The number of carbonyl (C=O) groups excluding carboxylic acids is 2. The van der Waals surface area contributed by atoms with Crippen LogP contribution in [0.4, 0.5) is 0 Å². The molecule has 0 amide bonds. The van der Waals surface area contributed by atoms with Gasteiger partial charge in [0.1, 0.15) is 10.6 Å². The summed E-state index contributed by atoms with van der Waals surface area (Å²) in [6, 6.07) is 8.31. The van der Waals surface area contributed by atoms with E-state index in [0.29, 0.717) is 22.1 Å². The van der Waals surface area contributed by atoms with Crippen LogP contribution in [0, 0.1) is 5.92 Å². The molecule has 23 heavy (non-hydrogen) atoms. The minimum absolute atomic E-state index is 0.345. The molecule has 1 atom stereocenters. The monoisotopic (exact) mass is 330 g/mol. The predicted molar refractivity (Wildman–Crippen MR) is 88.2 cm³/mol. The lowest BCUT2D eigenvalue weighted by Gasteiger charge is -2.16. The molecule has 4 nitrogen and oxygen atoms in total. The molecule has 1 aromatic heterocycles. The van der Waals surface area contributed by atoms with Crippen molar-refractivity contribution >= 4 is 23.3 Å².